The van der Waals surface area contributed by atoms with Crippen LogP contribution in [0.3, 0.4) is 0 Å². The van der Waals surface area contributed by atoms with Crippen molar-refractivity contribution in [2.75, 3.05) is 23.7 Å². The van der Waals surface area contributed by atoms with Gasteiger partial charge in [0.25, 0.3) is 0 Å². The molecule has 1 aliphatic rings. The second-order valence-electron chi connectivity index (χ2n) is 4.14. The maximum atomic E-state index is 13.5. The highest BCUT2D eigenvalue weighted by Crippen LogP contribution is 2.26. The SMILES string of the molecule is CC(O)C1CCN(c2nc(N)ncc2F)C1. The van der Waals surface area contributed by atoms with Crippen LogP contribution in [0, 0.1) is 11.7 Å². The van der Waals surface area contributed by atoms with E-state index in [0.29, 0.717) is 13.1 Å². The van der Waals surface area contributed by atoms with Crippen LogP contribution in [0.1, 0.15) is 13.3 Å². The van der Waals surface area contributed by atoms with Gasteiger partial charge in [-0.15, -0.1) is 0 Å². The molecule has 1 aliphatic heterocycles. The van der Waals surface area contributed by atoms with Crippen LogP contribution < -0.4 is 10.6 Å². The number of hydrogen-bond acceptors (Lipinski definition) is 5. The lowest BCUT2D eigenvalue weighted by atomic mass is 10.0. The summed E-state index contributed by atoms with van der Waals surface area (Å²) < 4.78 is 13.5. The first-order valence-electron chi connectivity index (χ1n) is 5.29. The predicted octanol–water partition coefficient (Wildman–Crippen LogP) is 0.405. The maximum Gasteiger partial charge on any atom is 0.222 e. The van der Waals surface area contributed by atoms with E-state index in [1.54, 1.807) is 11.8 Å². The smallest absolute Gasteiger partial charge is 0.222 e. The third-order valence-corrected chi connectivity index (χ3v) is 2.95. The average molecular weight is 226 g/mol. The van der Waals surface area contributed by atoms with Crippen LogP contribution in [0.15, 0.2) is 6.20 Å². The minimum Gasteiger partial charge on any atom is -0.393 e. The average Bonchev–Trinajstić information content (AvgIpc) is 2.70. The molecule has 3 N–H and O–H groups in total. The molecule has 0 amide bonds. The van der Waals surface area contributed by atoms with Gasteiger partial charge in [0.15, 0.2) is 11.6 Å². The van der Waals surface area contributed by atoms with Crippen LogP contribution in [0.4, 0.5) is 16.2 Å². The van der Waals surface area contributed by atoms with Gasteiger partial charge in [0.2, 0.25) is 5.95 Å². The Labute approximate surface area is 93.1 Å². The number of hydrogen-bond donors (Lipinski definition) is 2. The lowest BCUT2D eigenvalue weighted by Crippen LogP contribution is -2.25. The van der Waals surface area contributed by atoms with Gasteiger partial charge in [-0.05, 0) is 13.3 Å². The zero-order valence-electron chi connectivity index (χ0n) is 9.10. The van der Waals surface area contributed by atoms with E-state index < -0.39 is 5.82 Å². The summed E-state index contributed by atoms with van der Waals surface area (Å²) >= 11 is 0. The molecule has 0 aromatic carbocycles. The Kier molecular flexibility index (Phi) is 2.91. The van der Waals surface area contributed by atoms with Gasteiger partial charge < -0.3 is 15.7 Å². The minimum atomic E-state index is -0.472. The fourth-order valence-corrected chi connectivity index (χ4v) is 1.97. The third-order valence-electron chi connectivity index (χ3n) is 2.95. The maximum absolute atomic E-state index is 13.5. The van der Waals surface area contributed by atoms with Crippen LogP contribution in [-0.2, 0) is 0 Å². The van der Waals surface area contributed by atoms with Crippen molar-refractivity contribution in [3.63, 3.8) is 0 Å². The van der Waals surface area contributed by atoms with Crippen molar-refractivity contribution in [2.45, 2.75) is 19.4 Å². The molecule has 0 bridgehead atoms. The predicted molar refractivity (Wildman–Crippen MR) is 58.4 cm³/mol. The molecule has 6 heteroatoms. The molecular weight excluding hydrogens is 211 g/mol. The molecule has 2 heterocycles. The standard InChI is InChI=1S/C10H15FN4O/c1-6(16)7-2-3-15(5-7)9-8(11)4-13-10(12)14-9/h4,6-7,16H,2-3,5H2,1H3,(H2,12,13,14). The van der Waals surface area contributed by atoms with Crippen molar-refractivity contribution in [3.8, 4) is 0 Å². The highest BCUT2D eigenvalue weighted by Gasteiger charge is 2.28. The summed E-state index contributed by atoms with van der Waals surface area (Å²) in [7, 11) is 0. The first-order chi connectivity index (χ1) is 7.58. The second-order valence-corrected chi connectivity index (χ2v) is 4.14. The number of aromatic nitrogens is 2. The van der Waals surface area contributed by atoms with Crippen molar-refractivity contribution in [2.24, 2.45) is 5.92 Å². The topological polar surface area (TPSA) is 75.3 Å². The van der Waals surface area contributed by atoms with Gasteiger partial charge >= 0.3 is 0 Å². The molecule has 88 valence electrons. The van der Waals surface area contributed by atoms with E-state index in [9.17, 15) is 9.50 Å². The van der Waals surface area contributed by atoms with Crippen LogP contribution in [0.5, 0.6) is 0 Å². The summed E-state index contributed by atoms with van der Waals surface area (Å²) in [5, 5.41) is 9.46. The van der Waals surface area contributed by atoms with Gasteiger partial charge in [0, 0.05) is 19.0 Å². The van der Waals surface area contributed by atoms with E-state index in [0.717, 1.165) is 12.6 Å². The van der Waals surface area contributed by atoms with Gasteiger partial charge in [0.1, 0.15) is 0 Å². The van der Waals surface area contributed by atoms with Crippen LogP contribution in [0.2, 0.25) is 0 Å². The van der Waals surface area contributed by atoms with Crippen LogP contribution in [0.25, 0.3) is 0 Å². The fourth-order valence-electron chi connectivity index (χ4n) is 1.97. The Morgan fingerprint density at radius 1 is 1.69 bits per heavy atom. The zero-order chi connectivity index (χ0) is 11.7. The molecule has 5 nitrogen and oxygen atoms in total. The van der Waals surface area contributed by atoms with Gasteiger partial charge in [-0.2, -0.15) is 4.98 Å². The van der Waals surface area contributed by atoms with E-state index in [1.807, 2.05) is 0 Å². The number of anilines is 2. The second kappa shape index (κ2) is 4.21. The number of nitrogens with two attached hydrogens (primary N) is 1. The highest BCUT2D eigenvalue weighted by molar-refractivity contribution is 5.43. The van der Waals surface area contributed by atoms with E-state index >= 15 is 0 Å². The van der Waals surface area contributed by atoms with Crippen molar-refractivity contribution in [1.82, 2.24) is 9.97 Å². The summed E-state index contributed by atoms with van der Waals surface area (Å²) in [6.45, 7) is 3.03. The lowest BCUT2D eigenvalue weighted by molar-refractivity contribution is 0.136. The van der Waals surface area contributed by atoms with Crippen molar-refractivity contribution in [1.29, 1.82) is 0 Å². The summed E-state index contributed by atoms with van der Waals surface area (Å²) in [4.78, 5) is 9.26. The van der Waals surface area contributed by atoms with E-state index in [1.165, 1.54) is 0 Å². The molecule has 2 rings (SSSR count). The molecule has 0 aliphatic carbocycles. The molecule has 0 spiro atoms. The van der Waals surface area contributed by atoms with Crippen molar-refractivity contribution >= 4 is 11.8 Å². The Hall–Kier alpha value is -1.43. The minimum absolute atomic E-state index is 0.0666. The van der Waals surface area contributed by atoms with Gasteiger partial charge in [-0.1, -0.05) is 0 Å². The fraction of sp³-hybridized carbons (Fsp3) is 0.600. The molecule has 1 fully saturated rings. The van der Waals surface area contributed by atoms with Crippen LogP contribution >= 0.6 is 0 Å². The molecule has 1 saturated heterocycles. The quantitative estimate of drug-likeness (QED) is 0.763. The Morgan fingerprint density at radius 3 is 3.06 bits per heavy atom. The lowest BCUT2D eigenvalue weighted by Gasteiger charge is -2.18. The summed E-state index contributed by atoms with van der Waals surface area (Å²) in [6, 6.07) is 0. The first kappa shape index (κ1) is 11.1. The van der Waals surface area contributed by atoms with Crippen molar-refractivity contribution < 1.29 is 9.50 Å². The monoisotopic (exact) mass is 226 g/mol. The molecule has 16 heavy (non-hydrogen) atoms. The number of nitrogens with zero attached hydrogens (tertiary/aromatic N) is 3. The third kappa shape index (κ3) is 2.06. The molecule has 1 aromatic rings. The number of aliphatic hydroxyl groups excluding tert-OH is 1. The number of nitrogen functional groups attached to an aromatic ring is 1. The van der Waals surface area contributed by atoms with E-state index in [4.69, 9.17) is 5.73 Å². The summed E-state index contributed by atoms with van der Waals surface area (Å²) in [5.74, 6) is -0.0106. The molecule has 1 aromatic heterocycles. The van der Waals surface area contributed by atoms with E-state index in [-0.39, 0.29) is 23.8 Å². The summed E-state index contributed by atoms with van der Waals surface area (Å²) in [6.07, 6.45) is 1.53. The van der Waals surface area contributed by atoms with Gasteiger partial charge in [-0.25, -0.2) is 9.37 Å². The normalized spacial score (nSPS) is 22.4. The molecule has 0 radical (unpaired) electrons. The first-order valence-corrected chi connectivity index (χ1v) is 5.29. The molecule has 0 saturated carbocycles. The molecule has 2 atom stereocenters. The Balaban J connectivity index is 2.17. The number of rotatable bonds is 2. The highest BCUT2D eigenvalue weighted by atomic mass is 19.1. The van der Waals surface area contributed by atoms with E-state index in [2.05, 4.69) is 9.97 Å². The summed E-state index contributed by atoms with van der Waals surface area (Å²) in [5.41, 5.74) is 5.42. The number of halogens is 1. The van der Waals surface area contributed by atoms with Crippen LogP contribution in [-0.4, -0.2) is 34.3 Å². The van der Waals surface area contributed by atoms with Gasteiger partial charge in [0.05, 0.1) is 12.3 Å². The van der Waals surface area contributed by atoms with Gasteiger partial charge in [-0.3, -0.25) is 0 Å². The molecule has 2 unspecified atom stereocenters. The number of aliphatic hydroxyl groups is 1. The Morgan fingerprint density at radius 2 is 2.44 bits per heavy atom. The van der Waals surface area contributed by atoms with Crippen molar-refractivity contribution in [3.05, 3.63) is 12.0 Å². The zero-order valence-corrected chi connectivity index (χ0v) is 9.10. The Bertz CT molecular complexity index is 385. The molecular formula is C10H15FN4O. The largest absolute Gasteiger partial charge is 0.393 e.